The third-order valence-corrected chi connectivity index (χ3v) is 6.20. The van der Waals surface area contributed by atoms with Crippen molar-refractivity contribution in [3.63, 3.8) is 0 Å². The van der Waals surface area contributed by atoms with E-state index >= 15 is 0 Å². The van der Waals surface area contributed by atoms with Crippen molar-refractivity contribution in [3.05, 3.63) is 0 Å². The Kier molecular flexibility index (Phi) is 8.92. The highest BCUT2D eigenvalue weighted by Crippen LogP contribution is 2.32. The number of hydrogen-bond acceptors (Lipinski definition) is 5. The molecule has 2 atom stereocenters. The first-order valence-electron chi connectivity index (χ1n) is 11.7. The van der Waals surface area contributed by atoms with Gasteiger partial charge in [-0.15, -0.1) is 0 Å². The molecule has 3 amide bonds. The molecule has 1 heterocycles. The van der Waals surface area contributed by atoms with Crippen molar-refractivity contribution in [2.45, 2.75) is 90.8 Å². The van der Waals surface area contributed by atoms with Crippen molar-refractivity contribution >= 4 is 23.9 Å². The van der Waals surface area contributed by atoms with Crippen molar-refractivity contribution in [2.75, 3.05) is 13.1 Å². The lowest BCUT2D eigenvalue weighted by Gasteiger charge is -2.32. The van der Waals surface area contributed by atoms with Crippen LogP contribution in [0.25, 0.3) is 0 Å². The van der Waals surface area contributed by atoms with Crippen molar-refractivity contribution in [2.24, 2.45) is 17.8 Å². The number of nitrogens with one attached hydrogen (secondary N) is 2. The fourth-order valence-electron chi connectivity index (χ4n) is 4.46. The molecule has 0 aromatic heterocycles. The van der Waals surface area contributed by atoms with Gasteiger partial charge in [0, 0.05) is 19.0 Å². The van der Waals surface area contributed by atoms with Gasteiger partial charge in [0.1, 0.15) is 17.7 Å². The summed E-state index contributed by atoms with van der Waals surface area (Å²) >= 11 is 0. The molecule has 0 radical (unpaired) electrons. The molecule has 3 N–H and O–H groups in total. The number of rotatable bonds is 7. The third kappa shape index (κ3) is 7.38. The second-order valence-corrected chi connectivity index (χ2v) is 10.4. The number of alkyl carbamates (subject to hydrolysis) is 1. The Morgan fingerprint density at radius 1 is 1.06 bits per heavy atom. The average Bonchev–Trinajstić information content (AvgIpc) is 3.19. The summed E-state index contributed by atoms with van der Waals surface area (Å²) in [4.78, 5) is 50.4. The topological polar surface area (TPSA) is 125 Å². The molecule has 0 aromatic carbocycles. The molecule has 2 fully saturated rings. The normalized spacial score (nSPS) is 24.7. The van der Waals surface area contributed by atoms with Crippen LogP contribution in [0.2, 0.25) is 0 Å². The van der Waals surface area contributed by atoms with Crippen LogP contribution < -0.4 is 10.6 Å². The number of aliphatic carboxylic acids is 1. The zero-order chi connectivity index (χ0) is 24.1. The lowest BCUT2D eigenvalue weighted by molar-refractivity contribution is -0.150. The maximum atomic E-state index is 12.8. The van der Waals surface area contributed by atoms with Crippen LogP contribution in [0.5, 0.6) is 0 Å². The van der Waals surface area contributed by atoms with Gasteiger partial charge in [0.25, 0.3) is 0 Å². The third-order valence-electron chi connectivity index (χ3n) is 6.20. The lowest BCUT2D eigenvalue weighted by atomic mass is 9.81. The standard InChI is InChI=1S/C23H39N3O6/c1-14(2)18(25-22(31)32-23(3,4)5)19(27)24-13-15-8-10-16(11-9-15)20(28)26-12-6-7-17(26)21(29)30/h14-18H,6-13H2,1-5H3,(H,24,27)(H,25,31)(H,29,30)/t15?,16?,17-,18+/m1/s1. The van der Waals surface area contributed by atoms with Gasteiger partial charge in [-0.3, -0.25) is 9.59 Å². The number of carboxylic acids is 1. The van der Waals surface area contributed by atoms with Gasteiger partial charge in [0.2, 0.25) is 11.8 Å². The molecule has 1 aliphatic carbocycles. The first-order valence-corrected chi connectivity index (χ1v) is 11.7. The molecule has 9 heteroatoms. The highest BCUT2D eigenvalue weighted by atomic mass is 16.6. The van der Waals surface area contributed by atoms with Crippen LogP contribution in [-0.4, -0.2) is 64.7 Å². The smallest absolute Gasteiger partial charge is 0.408 e. The van der Waals surface area contributed by atoms with E-state index in [4.69, 9.17) is 4.74 Å². The van der Waals surface area contributed by atoms with Gasteiger partial charge in [-0.25, -0.2) is 9.59 Å². The van der Waals surface area contributed by atoms with E-state index < -0.39 is 29.7 Å². The fraction of sp³-hybridized carbons (Fsp3) is 0.826. The van der Waals surface area contributed by atoms with Crippen molar-refractivity contribution in [3.8, 4) is 0 Å². The lowest BCUT2D eigenvalue weighted by Crippen LogP contribution is -2.51. The zero-order valence-corrected chi connectivity index (χ0v) is 20.0. The molecule has 0 spiro atoms. The molecule has 2 aliphatic rings. The predicted octanol–water partition coefficient (Wildman–Crippen LogP) is 2.53. The number of amides is 3. The molecule has 32 heavy (non-hydrogen) atoms. The summed E-state index contributed by atoms with van der Waals surface area (Å²) in [7, 11) is 0. The van der Waals surface area contributed by atoms with Gasteiger partial charge in [-0.1, -0.05) is 13.8 Å². The summed E-state index contributed by atoms with van der Waals surface area (Å²) in [5, 5.41) is 14.9. The Morgan fingerprint density at radius 3 is 2.22 bits per heavy atom. The van der Waals surface area contributed by atoms with E-state index in [1.54, 1.807) is 20.8 Å². The minimum atomic E-state index is -0.924. The molecule has 2 rings (SSSR count). The Labute approximate surface area is 190 Å². The summed E-state index contributed by atoms with van der Waals surface area (Å²) in [6.07, 6.45) is 3.64. The number of ether oxygens (including phenoxy) is 1. The molecule has 182 valence electrons. The Hall–Kier alpha value is -2.32. The van der Waals surface area contributed by atoms with Crippen molar-refractivity contribution in [1.29, 1.82) is 0 Å². The second kappa shape index (κ2) is 11.0. The highest BCUT2D eigenvalue weighted by molar-refractivity contribution is 5.86. The van der Waals surface area contributed by atoms with Crippen LogP contribution in [0.1, 0.15) is 73.1 Å². The summed E-state index contributed by atoms with van der Waals surface area (Å²) in [5.74, 6) is -1.19. The number of carboxylic acid groups (broad SMARTS) is 1. The minimum absolute atomic E-state index is 0.0428. The SMILES string of the molecule is CC(C)[C@H](NC(=O)OC(C)(C)C)C(=O)NCC1CCC(C(=O)N2CCC[C@@H]2C(=O)O)CC1. The van der Waals surface area contributed by atoms with E-state index in [2.05, 4.69) is 10.6 Å². The van der Waals surface area contributed by atoms with Crippen LogP contribution in [0.15, 0.2) is 0 Å². The second-order valence-electron chi connectivity index (χ2n) is 10.4. The highest BCUT2D eigenvalue weighted by Gasteiger charge is 2.38. The summed E-state index contributed by atoms with van der Waals surface area (Å²) in [6, 6.07) is -1.38. The average molecular weight is 454 g/mol. The van der Waals surface area contributed by atoms with E-state index in [0.717, 1.165) is 19.3 Å². The zero-order valence-electron chi connectivity index (χ0n) is 20.0. The summed E-state index contributed by atoms with van der Waals surface area (Å²) in [6.45, 7) is 10.0. The molecular weight excluding hydrogens is 414 g/mol. The molecule has 1 saturated heterocycles. The molecule has 1 aliphatic heterocycles. The molecule has 0 bridgehead atoms. The van der Waals surface area contributed by atoms with Gasteiger partial charge in [-0.2, -0.15) is 0 Å². The van der Waals surface area contributed by atoms with Gasteiger partial charge < -0.3 is 25.4 Å². The quantitative estimate of drug-likeness (QED) is 0.544. The number of carbonyl (C=O) groups excluding carboxylic acids is 3. The number of nitrogens with zero attached hydrogens (tertiary/aromatic N) is 1. The molecule has 0 unspecified atom stereocenters. The van der Waals surface area contributed by atoms with E-state index in [1.165, 1.54) is 4.90 Å². The van der Waals surface area contributed by atoms with E-state index in [1.807, 2.05) is 13.8 Å². The monoisotopic (exact) mass is 453 g/mol. The van der Waals surface area contributed by atoms with Crippen molar-refractivity contribution < 1.29 is 29.0 Å². The van der Waals surface area contributed by atoms with Gasteiger partial charge in [0.05, 0.1) is 0 Å². The van der Waals surface area contributed by atoms with Crippen LogP contribution in [0, 0.1) is 17.8 Å². The fourth-order valence-corrected chi connectivity index (χ4v) is 4.46. The van der Waals surface area contributed by atoms with Crippen molar-refractivity contribution in [1.82, 2.24) is 15.5 Å². The maximum Gasteiger partial charge on any atom is 0.408 e. The van der Waals surface area contributed by atoms with E-state index in [-0.39, 0.29) is 29.6 Å². The molecular formula is C23H39N3O6. The first kappa shape index (κ1) is 25.9. The maximum absolute atomic E-state index is 12.8. The summed E-state index contributed by atoms with van der Waals surface area (Å²) < 4.78 is 5.26. The predicted molar refractivity (Wildman–Crippen MR) is 119 cm³/mol. The van der Waals surface area contributed by atoms with E-state index in [9.17, 15) is 24.3 Å². The van der Waals surface area contributed by atoms with Gasteiger partial charge in [0.15, 0.2) is 0 Å². The number of hydrogen-bond donors (Lipinski definition) is 3. The van der Waals surface area contributed by atoms with Gasteiger partial charge in [-0.05, 0) is 71.1 Å². The van der Waals surface area contributed by atoms with Crippen LogP contribution in [0.3, 0.4) is 0 Å². The minimum Gasteiger partial charge on any atom is -0.480 e. The largest absolute Gasteiger partial charge is 0.480 e. The molecule has 9 nitrogen and oxygen atoms in total. The number of likely N-dealkylation sites (tertiary alicyclic amines) is 1. The Morgan fingerprint density at radius 2 is 1.69 bits per heavy atom. The number of carbonyl (C=O) groups is 4. The Bertz CT molecular complexity index is 694. The summed E-state index contributed by atoms with van der Waals surface area (Å²) in [5.41, 5.74) is -0.641. The van der Waals surface area contributed by atoms with E-state index in [0.29, 0.717) is 32.4 Å². The Balaban J connectivity index is 1.80. The van der Waals surface area contributed by atoms with Crippen LogP contribution in [-0.2, 0) is 19.1 Å². The first-order chi connectivity index (χ1) is 14.9. The van der Waals surface area contributed by atoms with Crippen LogP contribution in [0.4, 0.5) is 4.79 Å². The molecule has 0 aromatic rings. The van der Waals surface area contributed by atoms with Gasteiger partial charge >= 0.3 is 12.1 Å². The van der Waals surface area contributed by atoms with Crippen LogP contribution >= 0.6 is 0 Å². The molecule has 1 saturated carbocycles.